The fraction of sp³-hybridized carbons (Fsp3) is 0.333. The lowest BCUT2D eigenvalue weighted by molar-refractivity contribution is 0.284. The number of nitrogens with one attached hydrogen (secondary N) is 1. The van der Waals surface area contributed by atoms with Crippen LogP contribution in [0.2, 0.25) is 0 Å². The highest BCUT2D eigenvalue weighted by Crippen LogP contribution is 2.21. The minimum Gasteiger partial charge on any atom is -0.395 e. The summed E-state index contributed by atoms with van der Waals surface area (Å²) in [6, 6.07) is 19.2. The van der Waals surface area contributed by atoms with Crippen molar-refractivity contribution in [2.75, 3.05) is 32.1 Å². The van der Waals surface area contributed by atoms with Gasteiger partial charge in [-0.1, -0.05) is 42.5 Å². The van der Waals surface area contributed by atoms with E-state index >= 15 is 0 Å². The third kappa shape index (κ3) is 4.59. The van der Waals surface area contributed by atoms with E-state index in [9.17, 15) is 0 Å². The molecule has 112 valence electrons. The number of hydrogen-bond acceptors (Lipinski definition) is 3. The first kappa shape index (κ1) is 15.5. The summed E-state index contributed by atoms with van der Waals surface area (Å²) in [7, 11) is 4.08. The average molecular weight is 284 g/mol. The Kier molecular flexibility index (Phi) is 5.78. The molecule has 0 saturated carbocycles. The maximum absolute atomic E-state index is 9.08. The highest BCUT2D eigenvalue weighted by Gasteiger charge is 2.11. The lowest BCUT2D eigenvalue weighted by atomic mass is 9.98. The van der Waals surface area contributed by atoms with E-state index in [1.54, 1.807) is 0 Å². The van der Waals surface area contributed by atoms with Crippen LogP contribution in [0.1, 0.15) is 17.2 Å². The van der Waals surface area contributed by atoms with Crippen LogP contribution in [-0.4, -0.2) is 32.4 Å². The van der Waals surface area contributed by atoms with Gasteiger partial charge in [0.05, 0.1) is 6.61 Å². The molecule has 0 amide bonds. The van der Waals surface area contributed by atoms with Gasteiger partial charge in [0.1, 0.15) is 0 Å². The topological polar surface area (TPSA) is 35.5 Å². The minimum atomic E-state index is 0.154. The van der Waals surface area contributed by atoms with Crippen LogP contribution >= 0.6 is 0 Å². The maximum Gasteiger partial charge on any atom is 0.0556 e. The summed E-state index contributed by atoms with van der Waals surface area (Å²) >= 11 is 0. The molecule has 0 aliphatic heterocycles. The second kappa shape index (κ2) is 7.81. The van der Waals surface area contributed by atoms with Gasteiger partial charge in [0.25, 0.3) is 0 Å². The van der Waals surface area contributed by atoms with Crippen LogP contribution in [0.4, 0.5) is 5.69 Å². The number of anilines is 1. The maximum atomic E-state index is 9.08. The predicted octanol–water partition coefficient (Wildman–Crippen LogP) is 2.62. The number of aliphatic hydroxyl groups excluding tert-OH is 1. The van der Waals surface area contributed by atoms with Crippen LogP contribution in [0.25, 0.3) is 0 Å². The Morgan fingerprint density at radius 3 is 2.24 bits per heavy atom. The number of nitrogens with zero attached hydrogens (tertiary/aromatic N) is 1. The van der Waals surface area contributed by atoms with E-state index in [4.69, 9.17) is 5.11 Å². The van der Waals surface area contributed by atoms with Crippen molar-refractivity contribution in [2.45, 2.75) is 12.5 Å². The van der Waals surface area contributed by atoms with Gasteiger partial charge in [0.2, 0.25) is 0 Å². The summed E-state index contributed by atoms with van der Waals surface area (Å²) in [4.78, 5) is 2.09. The van der Waals surface area contributed by atoms with Crippen LogP contribution in [0.15, 0.2) is 54.6 Å². The minimum absolute atomic E-state index is 0.154. The van der Waals surface area contributed by atoms with Crippen LogP contribution in [0.3, 0.4) is 0 Å². The molecule has 2 aromatic rings. The molecule has 0 aromatic heterocycles. The Morgan fingerprint density at radius 1 is 1.00 bits per heavy atom. The van der Waals surface area contributed by atoms with E-state index in [-0.39, 0.29) is 12.6 Å². The van der Waals surface area contributed by atoms with E-state index in [0.717, 1.165) is 6.42 Å². The van der Waals surface area contributed by atoms with Crippen LogP contribution < -0.4 is 10.2 Å². The largest absolute Gasteiger partial charge is 0.395 e. The molecule has 1 atom stereocenters. The smallest absolute Gasteiger partial charge is 0.0556 e. The van der Waals surface area contributed by atoms with E-state index in [1.807, 2.05) is 20.2 Å². The zero-order valence-corrected chi connectivity index (χ0v) is 12.8. The van der Waals surface area contributed by atoms with Crippen LogP contribution in [-0.2, 0) is 6.42 Å². The summed E-state index contributed by atoms with van der Waals surface area (Å²) in [5.74, 6) is 0. The van der Waals surface area contributed by atoms with Crippen molar-refractivity contribution in [1.82, 2.24) is 5.32 Å². The van der Waals surface area contributed by atoms with Gasteiger partial charge in [0, 0.05) is 32.4 Å². The normalized spacial score (nSPS) is 12.1. The summed E-state index contributed by atoms with van der Waals surface area (Å²) < 4.78 is 0. The third-order valence-corrected chi connectivity index (χ3v) is 3.60. The Labute approximate surface area is 127 Å². The second-order valence-corrected chi connectivity index (χ2v) is 5.41. The molecule has 0 unspecified atom stereocenters. The number of benzene rings is 2. The van der Waals surface area contributed by atoms with Crippen molar-refractivity contribution in [1.29, 1.82) is 0 Å². The zero-order chi connectivity index (χ0) is 15.1. The molecule has 0 heterocycles. The molecule has 0 aliphatic carbocycles. The molecule has 2 N–H and O–H groups in total. The molecule has 2 aromatic carbocycles. The van der Waals surface area contributed by atoms with E-state index in [2.05, 4.69) is 58.7 Å². The van der Waals surface area contributed by atoms with Crippen molar-refractivity contribution in [3.63, 3.8) is 0 Å². The number of rotatable bonds is 7. The predicted molar refractivity (Wildman–Crippen MR) is 88.7 cm³/mol. The van der Waals surface area contributed by atoms with E-state index in [0.29, 0.717) is 6.54 Å². The molecule has 0 radical (unpaired) electrons. The Bertz CT molecular complexity index is 523. The molecule has 0 spiro atoms. The fourth-order valence-electron chi connectivity index (χ4n) is 2.40. The molecule has 2 rings (SSSR count). The van der Waals surface area contributed by atoms with Crippen molar-refractivity contribution < 1.29 is 5.11 Å². The van der Waals surface area contributed by atoms with Gasteiger partial charge in [-0.05, 0) is 29.7 Å². The third-order valence-electron chi connectivity index (χ3n) is 3.60. The number of hydrogen-bond donors (Lipinski definition) is 2. The lowest BCUT2D eigenvalue weighted by Gasteiger charge is -2.20. The molecule has 0 aliphatic rings. The summed E-state index contributed by atoms with van der Waals surface area (Å²) in [5, 5.41) is 12.5. The van der Waals surface area contributed by atoms with Gasteiger partial charge in [-0.25, -0.2) is 0 Å². The summed E-state index contributed by atoms with van der Waals surface area (Å²) in [6.07, 6.45) is 0.919. The Hall–Kier alpha value is -1.84. The Morgan fingerprint density at radius 2 is 1.67 bits per heavy atom. The van der Waals surface area contributed by atoms with E-state index in [1.165, 1.54) is 16.8 Å². The van der Waals surface area contributed by atoms with E-state index < -0.39 is 0 Å². The zero-order valence-electron chi connectivity index (χ0n) is 12.8. The highest BCUT2D eigenvalue weighted by atomic mass is 16.3. The average Bonchev–Trinajstić information content (AvgIpc) is 2.52. The lowest BCUT2D eigenvalue weighted by Crippen LogP contribution is -2.26. The Balaban J connectivity index is 2.14. The van der Waals surface area contributed by atoms with Gasteiger partial charge in [-0.2, -0.15) is 0 Å². The second-order valence-electron chi connectivity index (χ2n) is 5.41. The molecule has 21 heavy (non-hydrogen) atoms. The first-order valence-electron chi connectivity index (χ1n) is 7.36. The standard InChI is InChI=1S/C18H24N2O/c1-20(2)17-10-8-16(9-11-17)18(19-12-13-21)14-15-6-4-3-5-7-15/h3-11,18-19,21H,12-14H2,1-2H3/t18-/m0/s1. The fourth-order valence-corrected chi connectivity index (χ4v) is 2.40. The van der Waals surface area contributed by atoms with Crippen LogP contribution in [0.5, 0.6) is 0 Å². The molecule has 0 bridgehead atoms. The monoisotopic (exact) mass is 284 g/mol. The van der Waals surface area contributed by atoms with Crippen LogP contribution in [0, 0.1) is 0 Å². The van der Waals surface area contributed by atoms with Crippen molar-refractivity contribution in [2.24, 2.45) is 0 Å². The molecule has 0 fully saturated rings. The van der Waals surface area contributed by atoms with Crippen molar-refractivity contribution in [3.05, 3.63) is 65.7 Å². The molecular formula is C18H24N2O. The number of aliphatic hydroxyl groups is 1. The molecule has 3 nitrogen and oxygen atoms in total. The summed E-state index contributed by atoms with van der Waals surface area (Å²) in [6.45, 7) is 0.758. The SMILES string of the molecule is CN(C)c1ccc([C@H](Cc2ccccc2)NCCO)cc1. The van der Waals surface area contributed by atoms with Gasteiger partial charge >= 0.3 is 0 Å². The van der Waals surface area contributed by atoms with Crippen molar-refractivity contribution in [3.8, 4) is 0 Å². The van der Waals surface area contributed by atoms with Gasteiger partial charge < -0.3 is 15.3 Å². The molecule has 0 saturated heterocycles. The summed E-state index contributed by atoms with van der Waals surface area (Å²) in [5.41, 5.74) is 3.74. The first-order valence-corrected chi connectivity index (χ1v) is 7.36. The van der Waals surface area contributed by atoms with Gasteiger partial charge in [-0.3, -0.25) is 0 Å². The first-order chi connectivity index (χ1) is 10.2. The quantitative estimate of drug-likeness (QED) is 0.820. The van der Waals surface area contributed by atoms with Crippen molar-refractivity contribution >= 4 is 5.69 Å². The molecular weight excluding hydrogens is 260 g/mol. The highest BCUT2D eigenvalue weighted by molar-refractivity contribution is 5.46. The molecule has 3 heteroatoms. The van der Waals surface area contributed by atoms with Gasteiger partial charge in [-0.15, -0.1) is 0 Å². The van der Waals surface area contributed by atoms with Gasteiger partial charge in [0.15, 0.2) is 0 Å².